The van der Waals surface area contributed by atoms with Crippen LogP contribution in [0.15, 0.2) is 24.3 Å². The van der Waals surface area contributed by atoms with Crippen LogP contribution in [0.3, 0.4) is 0 Å². The molecule has 0 spiro atoms. The summed E-state index contributed by atoms with van der Waals surface area (Å²) < 4.78 is 0. The number of H-pyrrole nitrogens is 1. The largest absolute Gasteiger partial charge is 0.354 e. The van der Waals surface area contributed by atoms with E-state index in [2.05, 4.69) is 56.9 Å². The molecule has 1 nitrogen and oxygen atoms in total. The summed E-state index contributed by atoms with van der Waals surface area (Å²) in [6.07, 6.45) is 4.37. The highest BCUT2D eigenvalue weighted by Gasteiger charge is 2.12. The summed E-state index contributed by atoms with van der Waals surface area (Å²) in [7, 11) is 0. The predicted molar refractivity (Wildman–Crippen MR) is 93.3 cm³/mol. The Morgan fingerprint density at radius 2 is 1.05 bits per heavy atom. The molecule has 0 aliphatic heterocycles. The molecule has 2 aromatic carbocycles. The van der Waals surface area contributed by atoms with Gasteiger partial charge in [0.15, 0.2) is 0 Å². The first-order chi connectivity index (χ1) is 10.2. The van der Waals surface area contributed by atoms with Gasteiger partial charge in [0.05, 0.1) is 0 Å². The molecule has 0 radical (unpaired) electrons. The van der Waals surface area contributed by atoms with Crippen molar-refractivity contribution in [1.29, 1.82) is 0 Å². The average Bonchev–Trinajstić information content (AvgIpc) is 2.91. The van der Waals surface area contributed by atoms with Crippen LogP contribution in [-0.2, 0) is 25.7 Å². The summed E-state index contributed by atoms with van der Waals surface area (Å²) in [5, 5.41) is 2.82. The molecule has 110 valence electrons. The molecule has 21 heavy (non-hydrogen) atoms. The Bertz CT molecular complexity index is 726. The van der Waals surface area contributed by atoms with Crippen LogP contribution in [0.4, 0.5) is 0 Å². The monoisotopic (exact) mass is 279 g/mol. The summed E-state index contributed by atoms with van der Waals surface area (Å²) in [5.74, 6) is 0. The van der Waals surface area contributed by atoms with Crippen LogP contribution in [0, 0.1) is 0 Å². The van der Waals surface area contributed by atoms with Crippen LogP contribution >= 0.6 is 0 Å². The minimum Gasteiger partial charge on any atom is -0.354 e. The standard InChI is InChI=1S/C20H25N/c1-5-13-9-15(7-3)19-17(11-13)18-12-14(6-2)10-16(8-4)20(18)21-19/h9-12,21H,5-8H2,1-4H3. The van der Waals surface area contributed by atoms with Crippen molar-refractivity contribution in [3.8, 4) is 0 Å². The van der Waals surface area contributed by atoms with Gasteiger partial charge in [0.25, 0.3) is 0 Å². The molecule has 0 aliphatic carbocycles. The van der Waals surface area contributed by atoms with Gasteiger partial charge in [-0.1, -0.05) is 39.8 Å². The van der Waals surface area contributed by atoms with Crippen molar-refractivity contribution in [1.82, 2.24) is 4.98 Å². The molecule has 1 N–H and O–H groups in total. The fourth-order valence-corrected chi connectivity index (χ4v) is 3.35. The molecule has 0 bridgehead atoms. The van der Waals surface area contributed by atoms with Gasteiger partial charge in [0, 0.05) is 21.8 Å². The molecule has 0 atom stereocenters. The van der Waals surface area contributed by atoms with Crippen LogP contribution in [0.5, 0.6) is 0 Å². The Morgan fingerprint density at radius 1 is 0.619 bits per heavy atom. The highest BCUT2D eigenvalue weighted by Crippen LogP contribution is 2.32. The van der Waals surface area contributed by atoms with Gasteiger partial charge in [-0.05, 0) is 60.1 Å². The molecule has 1 aromatic heterocycles. The number of benzene rings is 2. The zero-order valence-electron chi connectivity index (χ0n) is 13.6. The van der Waals surface area contributed by atoms with Crippen LogP contribution in [0.2, 0.25) is 0 Å². The average molecular weight is 279 g/mol. The van der Waals surface area contributed by atoms with E-state index in [-0.39, 0.29) is 0 Å². The van der Waals surface area contributed by atoms with E-state index in [1.807, 2.05) is 0 Å². The van der Waals surface area contributed by atoms with E-state index in [1.165, 1.54) is 44.1 Å². The SMILES string of the molecule is CCc1cc(CC)c2[nH]c3c(CC)cc(CC)cc3c2c1. The smallest absolute Gasteiger partial charge is 0.0497 e. The van der Waals surface area contributed by atoms with Crippen molar-refractivity contribution in [2.75, 3.05) is 0 Å². The van der Waals surface area contributed by atoms with E-state index in [4.69, 9.17) is 0 Å². The van der Waals surface area contributed by atoms with Gasteiger partial charge in [-0.25, -0.2) is 0 Å². The van der Waals surface area contributed by atoms with Crippen molar-refractivity contribution in [3.63, 3.8) is 0 Å². The van der Waals surface area contributed by atoms with E-state index in [0.717, 1.165) is 25.7 Å². The normalized spacial score (nSPS) is 11.6. The molecule has 3 rings (SSSR count). The molecular formula is C20H25N. The van der Waals surface area contributed by atoms with Crippen molar-refractivity contribution >= 4 is 21.8 Å². The predicted octanol–water partition coefficient (Wildman–Crippen LogP) is 5.57. The van der Waals surface area contributed by atoms with Gasteiger partial charge >= 0.3 is 0 Å². The number of rotatable bonds is 4. The van der Waals surface area contributed by atoms with Crippen molar-refractivity contribution in [3.05, 3.63) is 46.5 Å². The highest BCUT2D eigenvalue weighted by molar-refractivity contribution is 6.09. The number of hydrogen-bond acceptors (Lipinski definition) is 0. The lowest BCUT2D eigenvalue weighted by Gasteiger charge is -2.05. The van der Waals surface area contributed by atoms with Crippen LogP contribution in [0.1, 0.15) is 49.9 Å². The molecule has 0 saturated carbocycles. The van der Waals surface area contributed by atoms with Crippen molar-refractivity contribution in [2.24, 2.45) is 0 Å². The van der Waals surface area contributed by atoms with Crippen molar-refractivity contribution < 1.29 is 0 Å². The lowest BCUT2D eigenvalue weighted by atomic mass is 9.98. The Balaban J connectivity index is 2.45. The fraction of sp³-hybridized carbons (Fsp3) is 0.400. The van der Waals surface area contributed by atoms with Gasteiger partial charge in [0.1, 0.15) is 0 Å². The maximum absolute atomic E-state index is 3.72. The van der Waals surface area contributed by atoms with Gasteiger partial charge in [-0.15, -0.1) is 0 Å². The van der Waals surface area contributed by atoms with Crippen LogP contribution < -0.4 is 0 Å². The minimum atomic E-state index is 1.08. The van der Waals surface area contributed by atoms with Crippen molar-refractivity contribution in [2.45, 2.75) is 53.4 Å². The third-order valence-corrected chi connectivity index (χ3v) is 4.68. The summed E-state index contributed by atoms with van der Waals surface area (Å²) in [6, 6.07) is 9.49. The summed E-state index contributed by atoms with van der Waals surface area (Å²) >= 11 is 0. The Labute approximate surface area is 127 Å². The van der Waals surface area contributed by atoms with E-state index in [1.54, 1.807) is 0 Å². The quantitative estimate of drug-likeness (QED) is 0.642. The molecule has 1 heterocycles. The van der Waals surface area contributed by atoms with E-state index < -0.39 is 0 Å². The second kappa shape index (κ2) is 5.55. The molecule has 0 saturated heterocycles. The third-order valence-electron chi connectivity index (χ3n) is 4.68. The second-order valence-electron chi connectivity index (χ2n) is 5.89. The number of fused-ring (bicyclic) bond motifs is 3. The third kappa shape index (κ3) is 2.25. The second-order valence-corrected chi connectivity index (χ2v) is 5.89. The number of nitrogens with one attached hydrogen (secondary N) is 1. The molecular weight excluding hydrogens is 254 g/mol. The Hall–Kier alpha value is -1.76. The number of hydrogen-bond donors (Lipinski definition) is 1. The summed E-state index contributed by atoms with van der Waals surface area (Å²) in [5.41, 5.74) is 8.46. The fourth-order valence-electron chi connectivity index (χ4n) is 3.35. The lowest BCUT2D eigenvalue weighted by Crippen LogP contribution is -1.87. The maximum Gasteiger partial charge on any atom is 0.0497 e. The number of aromatic nitrogens is 1. The Morgan fingerprint density at radius 3 is 1.38 bits per heavy atom. The highest BCUT2D eigenvalue weighted by atomic mass is 14.7. The van der Waals surface area contributed by atoms with E-state index in [9.17, 15) is 0 Å². The molecule has 0 aliphatic rings. The summed E-state index contributed by atoms with van der Waals surface area (Å²) in [4.78, 5) is 3.72. The molecule has 0 unspecified atom stereocenters. The molecule has 3 aromatic rings. The van der Waals surface area contributed by atoms with Crippen LogP contribution in [-0.4, -0.2) is 4.98 Å². The maximum atomic E-state index is 3.72. The van der Waals surface area contributed by atoms with Gasteiger partial charge in [-0.2, -0.15) is 0 Å². The van der Waals surface area contributed by atoms with E-state index >= 15 is 0 Å². The molecule has 0 amide bonds. The first kappa shape index (κ1) is 14.2. The minimum absolute atomic E-state index is 1.08. The number of aryl methyl sites for hydroxylation is 4. The molecule has 1 heteroatoms. The zero-order valence-corrected chi connectivity index (χ0v) is 13.6. The Kier molecular flexibility index (Phi) is 3.75. The van der Waals surface area contributed by atoms with E-state index in [0.29, 0.717) is 0 Å². The van der Waals surface area contributed by atoms with Crippen LogP contribution in [0.25, 0.3) is 21.8 Å². The first-order valence-electron chi connectivity index (χ1n) is 8.30. The topological polar surface area (TPSA) is 15.8 Å². The van der Waals surface area contributed by atoms with Gasteiger partial charge < -0.3 is 4.98 Å². The zero-order chi connectivity index (χ0) is 15.0. The van der Waals surface area contributed by atoms with Gasteiger partial charge in [0.2, 0.25) is 0 Å². The lowest BCUT2D eigenvalue weighted by molar-refractivity contribution is 1.09. The van der Waals surface area contributed by atoms with Gasteiger partial charge in [-0.3, -0.25) is 0 Å². The first-order valence-corrected chi connectivity index (χ1v) is 8.30. The number of aromatic amines is 1. The molecule has 0 fully saturated rings. The summed E-state index contributed by atoms with van der Waals surface area (Å²) in [6.45, 7) is 8.98.